The Morgan fingerprint density at radius 2 is 1.75 bits per heavy atom. The fraction of sp³-hybridized carbons (Fsp3) is 0.444. The van der Waals surface area contributed by atoms with Gasteiger partial charge in [0.25, 0.3) is 0 Å². The van der Waals surface area contributed by atoms with Crippen molar-refractivity contribution >= 4 is 13.0 Å². The number of unbranched alkanes of at least 4 members (excludes halogenated alkanes) is 2. The van der Waals surface area contributed by atoms with Crippen LogP contribution in [-0.2, 0) is 22.2 Å². The summed E-state index contributed by atoms with van der Waals surface area (Å²) < 4.78 is 12.5. The zero-order valence-electron chi connectivity index (χ0n) is 19.3. The highest BCUT2D eigenvalue weighted by Gasteiger charge is 2.49. The molecule has 5 heteroatoms. The molecule has 0 saturated carbocycles. The Hall–Kier alpha value is -2.69. The summed E-state index contributed by atoms with van der Waals surface area (Å²) in [6, 6.07) is 18.6. The smallest absolute Gasteiger partial charge is 0.417 e. The first-order valence-electron chi connectivity index (χ1n) is 12.2. The van der Waals surface area contributed by atoms with Crippen LogP contribution in [0.1, 0.15) is 62.3 Å². The maximum Gasteiger partial charge on any atom is 0.417 e. The van der Waals surface area contributed by atoms with E-state index in [1.54, 1.807) is 4.90 Å². The van der Waals surface area contributed by atoms with Crippen LogP contribution >= 0.6 is 0 Å². The van der Waals surface area contributed by atoms with E-state index in [0.717, 1.165) is 44.7 Å². The number of carbonyl (C=O) groups excluding carboxylic acids is 1. The van der Waals surface area contributed by atoms with Crippen molar-refractivity contribution in [2.75, 3.05) is 0 Å². The van der Waals surface area contributed by atoms with Gasteiger partial charge in [-0.15, -0.1) is 0 Å². The summed E-state index contributed by atoms with van der Waals surface area (Å²) in [5, 5.41) is 0. The molecule has 2 aliphatic rings. The van der Waals surface area contributed by atoms with Crippen LogP contribution < -0.4 is 0 Å². The molecule has 0 spiro atoms. The molecule has 1 saturated heterocycles. The third-order valence-corrected chi connectivity index (χ3v) is 6.51. The molecule has 1 fully saturated rings. The minimum Gasteiger partial charge on any atom is -0.549 e. The molecule has 4 rings (SSSR count). The summed E-state index contributed by atoms with van der Waals surface area (Å²) in [6.45, 7) is 4.53. The molecular weight excluding hydrogens is 397 g/mol. The lowest BCUT2D eigenvalue weighted by molar-refractivity contribution is 0.131. The number of nitrogens with zero attached hydrogens (tertiary/aromatic N) is 1. The van der Waals surface area contributed by atoms with Crippen LogP contribution in [0.25, 0.3) is 0 Å². The summed E-state index contributed by atoms with van der Waals surface area (Å²) in [5.74, 6) is 0.653. The molecular formula is C27H34BNO3. The lowest BCUT2D eigenvalue weighted by Gasteiger charge is -2.28. The molecule has 168 valence electrons. The topological polar surface area (TPSA) is 38.8 Å². The van der Waals surface area contributed by atoms with Gasteiger partial charge < -0.3 is 9.39 Å². The first-order chi connectivity index (χ1) is 15.7. The van der Waals surface area contributed by atoms with Crippen LogP contribution in [0.4, 0.5) is 4.79 Å². The Balaban J connectivity index is 1.64. The van der Waals surface area contributed by atoms with Gasteiger partial charge in [0.15, 0.2) is 5.88 Å². The number of ether oxygens (including phenoxy) is 1. The monoisotopic (exact) mass is 431 g/mol. The Morgan fingerprint density at radius 3 is 2.47 bits per heavy atom. The van der Waals surface area contributed by atoms with E-state index in [4.69, 9.17) is 9.39 Å². The molecule has 32 heavy (non-hydrogen) atoms. The minimum atomic E-state index is -0.293. The maximum atomic E-state index is 13.0. The average molecular weight is 431 g/mol. The highest BCUT2D eigenvalue weighted by atomic mass is 16.6. The van der Waals surface area contributed by atoms with Crippen LogP contribution in [-0.4, -0.2) is 24.0 Å². The van der Waals surface area contributed by atoms with E-state index >= 15 is 0 Å². The van der Waals surface area contributed by atoms with Gasteiger partial charge in [-0.3, -0.25) is 0 Å². The van der Waals surface area contributed by atoms with Gasteiger partial charge in [0.1, 0.15) is 12.1 Å². The normalized spacial score (nSPS) is 19.5. The van der Waals surface area contributed by atoms with E-state index in [1.165, 1.54) is 16.7 Å². The molecule has 1 aliphatic carbocycles. The van der Waals surface area contributed by atoms with E-state index in [0.29, 0.717) is 12.3 Å². The van der Waals surface area contributed by atoms with Crippen LogP contribution in [0.5, 0.6) is 0 Å². The molecule has 1 aliphatic heterocycles. The number of allylic oxidation sites excluding steroid dienone is 1. The van der Waals surface area contributed by atoms with Crippen LogP contribution in [0.3, 0.4) is 0 Å². The Labute approximate surface area is 192 Å². The zero-order valence-corrected chi connectivity index (χ0v) is 19.3. The highest BCUT2D eigenvalue weighted by Crippen LogP contribution is 2.44. The molecule has 2 atom stereocenters. The van der Waals surface area contributed by atoms with E-state index in [9.17, 15) is 4.79 Å². The van der Waals surface area contributed by atoms with Gasteiger partial charge in [-0.25, -0.2) is 9.69 Å². The van der Waals surface area contributed by atoms with Crippen LogP contribution in [0.2, 0.25) is 12.6 Å². The predicted octanol–water partition coefficient (Wildman–Crippen LogP) is 6.80. The Kier molecular flexibility index (Phi) is 7.57. The summed E-state index contributed by atoms with van der Waals surface area (Å²) in [6.07, 6.45) is 9.66. The highest BCUT2D eigenvalue weighted by molar-refractivity contribution is 6.52. The number of benzene rings is 2. The third kappa shape index (κ3) is 5.03. The first-order valence-corrected chi connectivity index (χ1v) is 12.2. The van der Waals surface area contributed by atoms with Gasteiger partial charge in [0, 0.05) is 6.42 Å². The predicted molar refractivity (Wildman–Crippen MR) is 129 cm³/mol. The van der Waals surface area contributed by atoms with Crippen molar-refractivity contribution in [1.29, 1.82) is 0 Å². The molecule has 1 heterocycles. The second-order valence-corrected chi connectivity index (χ2v) is 8.90. The van der Waals surface area contributed by atoms with Crippen molar-refractivity contribution < 1.29 is 14.2 Å². The van der Waals surface area contributed by atoms with Gasteiger partial charge in [-0.1, -0.05) is 94.1 Å². The lowest BCUT2D eigenvalue weighted by Crippen LogP contribution is -2.32. The molecule has 0 bridgehead atoms. The number of carbonyl (C=O) groups is 1. The Bertz CT molecular complexity index is 922. The fourth-order valence-corrected chi connectivity index (χ4v) is 4.79. The largest absolute Gasteiger partial charge is 0.549 e. The number of rotatable bonds is 11. The molecule has 0 aromatic heterocycles. The average Bonchev–Trinajstić information content (AvgIpc) is 3.33. The zero-order chi connectivity index (χ0) is 22.3. The minimum absolute atomic E-state index is 0.112. The van der Waals surface area contributed by atoms with Gasteiger partial charge >= 0.3 is 13.0 Å². The number of hydrogen-bond acceptors (Lipinski definition) is 3. The summed E-state index contributed by atoms with van der Waals surface area (Å²) in [5.41, 5.74) is 3.63. The van der Waals surface area contributed by atoms with Crippen molar-refractivity contribution in [3.63, 3.8) is 0 Å². The van der Waals surface area contributed by atoms with E-state index in [2.05, 4.69) is 50.3 Å². The quantitative estimate of drug-likeness (QED) is 0.290. The number of amides is 1. The Morgan fingerprint density at radius 1 is 1.06 bits per heavy atom. The second kappa shape index (κ2) is 10.8. The lowest BCUT2D eigenvalue weighted by atomic mass is 9.59. The van der Waals surface area contributed by atoms with Gasteiger partial charge in [0.2, 0.25) is 0 Å². The van der Waals surface area contributed by atoms with E-state index in [-0.39, 0.29) is 25.2 Å². The van der Waals surface area contributed by atoms with Crippen molar-refractivity contribution in [2.24, 2.45) is 0 Å². The van der Waals surface area contributed by atoms with Crippen LogP contribution in [0.15, 0.2) is 66.6 Å². The van der Waals surface area contributed by atoms with Gasteiger partial charge in [-0.05, 0) is 41.8 Å². The standard InChI is InChI=1S/C27H34BNO3/c1-3-5-18-28(19-6-4-2)32-25(17-16-21-12-8-7-9-13-21)29-26-23-15-11-10-14-22(23)20-24(26)31-27(29)30/h7-15,17,24,26H,3-6,16,18-20H2,1-2H3/b25-17-/t24-,26+/m1/s1. The fourth-order valence-electron chi connectivity index (χ4n) is 4.79. The van der Waals surface area contributed by atoms with Crippen molar-refractivity contribution in [3.05, 3.63) is 83.2 Å². The molecule has 2 aromatic rings. The SMILES string of the molecule is CCCCB(CCCC)O/C(=C\Cc1ccccc1)N1C(=O)O[C@@H]2Cc3ccccc3[C@@H]21. The molecule has 1 amide bonds. The third-order valence-electron chi connectivity index (χ3n) is 6.51. The first kappa shape index (κ1) is 22.5. The summed E-state index contributed by atoms with van der Waals surface area (Å²) in [7, 11) is 0. The summed E-state index contributed by atoms with van der Waals surface area (Å²) >= 11 is 0. The van der Waals surface area contributed by atoms with Gasteiger partial charge in [-0.2, -0.15) is 0 Å². The summed E-state index contributed by atoms with van der Waals surface area (Å²) in [4.78, 5) is 14.8. The van der Waals surface area contributed by atoms with E-state index < -0.39 is 0 Å². The maximum absolute atomic E-state index is 13.0. The molecule has 4 nitrogen and oxygen atoms in total. The van der Waals surface area contributed by atoms with Crippen molar-refractivity contribution in [2.45, 2.75) is 77.2 Å². The van der Waals surface area contributed by atoms with Gasteiger partial charge in [0.05, 0.1) is 0 Å². The second-order valence-electron chi connectivity index (χ2n) is 8.90. The number of fused-ring (bicyclic) bond motifs is 3. The molecule has 0 radical (unpaired) electrons. The molecule has 0 unspecified atom stereocenters. The van der Waals surface area contributed by atoms with Crippen molar-refractivity contribution in [3.8, 4) is 0 Å². The molecule has 0 N–H and O–H groups in total. The van der Waals surface area contributed by atoms with Crippen molar-refractivity contribution in [1.82, 2.24) is 4.90 Å². The van der Waals surface area contributed by atoms with Crippen LogP contribution in [0, 0.1) is 0 Å². The van der Waals surface area contributed by atoms with E-state index in [1.807, 2.05) is 24.3 Å². The molecule has 2 aromatic carbocycles. The number of hydrogen-bond donors (Lipinski definition) is 0.